The molecule has 6 nitrogen and oxygen atoms in total. The molecule has 0 spiro atoms. The van der Waals surface area contributed by atoms with E-state index in [0.29, 0.717) is 12.2 Å². The van der Waals surface area contributed by atoms with Crippen molar-refractivity contribution in [1.29, 1.82) is 0 Å². The van der Waals surface area contributed by atoms with Crippen LogP contribution in [0.3, 0.4) is 0 Å². The maximum atomic E-state index is 12.6. The molecule has 0 aliphatic carbocycles. The molecule has 2 aromatic rings. The highest BCUT2D eigenvalue weighted by Gasteiger charge is 2.23. The Morgan fingerprint density at radius 1 is 1.48 bits per heavy atom. The molecule has 0 saturated heterocycles. The topological polar surface area (TPSA) is 65.4 Å². The van der Waals surface area contributed by atoms with Crippen LogP contribution in [-0.2, 0) is 17.8 Å². The van der Waals surface area contributed by atoms with Crippen molar-refractivity contribution < 1.29 is 14.3 Å². The van der Waals surface area contributed by atoms with Crippen molar-refractivity contribution in [2.45, 2.75) is 32.4 Å². The molecule has 1 atom stereocenters. The van der Waals surface area contributed by atoms with Crippen LogP contribution in [0.5, 0.6) is 11.5 Å². The summed E-state index contributed by atoms with van der Waals surface area (Å²) in [5, 5.41) is 3.12. The molecule has 0 bridgehead atoms. The van der Waals surface area contributed by atoms with Gasteiger partial charge in [-0.3, -0.25) is 4.79 Å². The zero-order valence-corrected chi connectivity index (χ0v) is 14.2. The monoisotopic (exact) mass is 339 g/mol. The van der Waals surface area contributed by atoms with E-state index in [1.54, 1.807) is 0 Å². The lowest BCUT2D eigenvalue weighted by Gasteiger charge is -2.26. The quantitative estimate of drug-likeness (QED) is 0.927. The average Bonchev–Trinajstić information content (AvgIpc) is 3.09. The number of nitrogens with one attached hydrogen (secondary N) is 1. The van der Waals surface area contributed by atoms with Gasteiger partial charge in [-0.15, -0.1) is 0 Å². The molecule has 1 amide bonds. The number of ether oxygens (including phenoxy) is 2. The summed E-state index contributed by atoms with van der Waals surface area (Å²) < 4.78 is 13.3. The Morgan fingerprint density at radius 2 is 2.40 bits per heavy atom. The minimum atomic E-state index is -0.0685. The highest BCUT2D eigenvalue weighted by atomic mass is 16.5. The van der Waals surface area contributed by atoms with Crippen LogP contribution >= 0.6 is 0 Å². The van der Waals surface area contributed by atoms with Gasteiger partial charge < -0.3 is 19.4 Å². The van der Waals surface area contributed by atoms with Gasteiger partial charge in [-0.1, -0.05) is 0 Å². The molecule has 25 heavy (non-hydrogen) atoms. The van der Waals surface area contributed by atoms with Gasteiger partial charge in [0.2, 0.25) is 0 Å². The first-order chi connectivity index (χ1) is 12.2. The summed E-state index contributed by atoms with van der Waals surface area (Å²) in [6, 6.07) is 5.79. The molecule has 2 aliphatic heterocycles. The molecule has 6 heteroatoms. The van der Waals surface area contributed by atoms with Gasteiger partial charge in [-0.05, 0) is 37.6 Å². The maximum absolute atomic E-state index is 12.6. The van der Waals surface area contributed by atoms with Crippen molar-refractivity contribution in [1.82, 2.24) is 14.9 Å². The smallest absolute Gasteiger partial charge is 0.250 e. The fourth-order valence-electron chi connectivity index (χ4n) is 3.31. The van der Waals surface area contributed by atoms with Gasteiger partial charge >= 0.3 is 0 Å². The van der Waals surface area contributed by atoms with E-state index < -0.39 is 0 Å². The van der Waals surface area contributed by atoms with Gasteiger partial charge in [0, 0.05) is 37.0 Å². The number of hydrogen-bond acceptors (Lipinski definition) is 4. The summed E-state index contributed by atoms with van der Waals surface area (Å²) in [5.41, 5.74) is 1.51. The molecule has 2 aliphatic rings. The Balaban J connectivity index is 1.46. The average molecular weight is 339 g/mol. The first-order valence-electron chi connectivity index (χ1n) is 8.64. The van der Waals surface area contributed by atoms with Crippen molar-refractivity contribution in [3.63, 3.8) is 0 Å². The lowest BCUT2D eigenvalue weighted by atomic mass is 10.0. The summed E-state index contributed by atoms with van der Waals surface area (Å²) >= 11 is 0. The predicted molar refractivity (Wildman–Crippen MR) is 93.6 cm³/mol. The molecule has 1 aromatic carbocycles. The summed E-state index contributed by atoms with van der Waals surface area (Å²) in [5.74, 6) is 2.58. The van der Waals surface area contributed by atoms with E-state index in [2.05, 4.69) is 14.9 Å². The molecule has 1 N–H and O–H groups in total. The normalized spacial score (nSPS) is 18.4. The van der Waals surface area contributed by atoms with Crippen LogP contribution in [0, 0.1) is 0 Å². The molecule has 1 aromatic heterocycles. The Kier molecular flexibility index (Phi) is 4.17. The van der Waals surface area contributed by atoms with E-state index in [0.717, 1.165) is 42.3 Å². The minimum Gasteiger partial charge on any atom is -0.494 e. The molecular weight excluding hydrogens is 318 g/mol. The summed E-state index contributed by atoms with van der Waals surface area (Å²) in [6.45, 7) is 3.60. The molecule has 4 rings (SSSR count). The SMILES string of the molecule is CCOc1ccc2c(c1)C=C(C(=O)NC1CCc3nccn3C1)CO2. The van der Waals surface area contributed by atoms with Crippen LogP contribution in [0.15, 0.2) is 36.2 Å². The Hall–Kier alpha value is -2.76. The third-order valence-corrected chi connectivity index (χ3v) is 4.57. The van der Waals surface area contributed by atoms with Crippen molar-refractivity contribution in [2.75, 3.05) is 13.2 Å². The number of carbonyl (C=O) groups excluding carboxylic acids is 1. The molecule has 0 radical (unpaired) electrons. The standard InChI is InChI=1S/C19H21N3O3/c1-2-24-16-4-5-17-13(10-16)9-14(12-25-17)19(23)21-15-3-6-18-20-7-8-22(18)11-15/h4-5,7-10,15H,2-3,6,11-12H2,1H3,(H,21,23). The van der Waals surface area contributed by atoms with Gasteiger partial charge in [-0.25, -0.2) is 4.98 Å². The number of carbonyl (C=O) groups is 1. The van der Waals surface area contributed by atoms with Gasteiger partial charge in [0.25, 0.3) is 5.91 Å². The van der Waals surface area contributed by atoms with Gasteiger partial charge in [0.15, 0.2) is 0 Å². The fourth-order valence-corrected chi connectivity index (χ4v) is 3.31. The highest BCUT2D eigenvalue weighted by Crippen LogP contribution is 2.30. The number of fused-ring (bicyclic) bond motifs is 2. The second kappa shape index (κ2) is 6.63. The van der Waals surface area contributed by atoms with E-state index in [4.69, 9.17) is 9.47 Å². The van der Waals surface area contributed by atoms with Crippen LogP contribution in [0.4, 0.5) is 0 Å². The van der Waals surface area contributed by atoms with Crippen molar-refractivity contribution in [2.24, 2.45) is 0 Å². The highest BCUT2D eigenvalue weighted by molar-refractivity contribution is 5.99. The van der Waals surface area contributed by atoms with Gasteiger partial charge in [-0.2, -0.15) is 0 Å². The molecule has 3 heterocycles. The fraction of sp³-hybridized carbons (Fsp3) is 0.368. The number of aryl methyl sites for hydroxylation is 1. The van der Waals surface area contributed by atoms with Crippen LogP contribution in [-0.4, -0.2) is 34.7 Å². The van der Waals surface area contributed by atoms with Gasteiger partial charge in [0.1, 0.15) is 23.9 Å². The number of imidazole rings is 1. The molecule has 0 saturated carbocycles. The number of amides is 1. The zero-order valence-electron chi connectivity index (χ0n) is 14.2. The molecular formula is C19H21N3O3. The van der Waals surface area contributed by atoms with Crippen molar-refractivity contribution >= 4 is 12.0 Å². The molecule has 130 valence electrons. The Labute approximate surface area is 146 Å². The first-order valence-corrected chi connectivity index (χ1v) is 8.64. The minimum absolute atomic E-state index is 0.0685. The lowest BCUT2D eigenvalue weighted by Crippen LogP contribution is -2.42. The van der Waals surface area contributed by atoms with Crippen LogP contribution < -0.4 is 14.8 Å². The van der Waals surface area contributed by atoms with E-state index in [1.807, 2.05) is 43.6 Å². The van der Waals surface area contributed by atoms with Gasteiger partial charge in [0.05, 0.1) is 12.2 Å². The van der Waals surface area contributed by atoms with E-state index in [1.165, 1.54) is 0 Å². The Bertz CT molecular complexity index is 825. The molecule has 0 fully saturated rings. The summed E-state index contributed by atoms with van der Waals surface area (Å²) in [7, 11) is 0. The third kappa shape index (κ3) is 3.24. The number of rotatable bonds is 4. The van der Waals surface area contributed by atoms with E-state index in [9.17, 15) is 4.79 Å². The lowest BCUT2D eigenvalue weighted by molar-refractivity contribution is -0.118. The predicted octanol–water partition coefficient (Wildman–Crippen LogP) is 2.19. The maximum Gasteiger partial charge on any atom is 0.250 e. The van der Waals surface area contributed by atoms with E-state index >= 15 is 0 Å². The number of aromatic nitrogens is 2. The summed E-state index contributed by atoms with van der Waals surface area (Å²) in [4.78, 5) is 16.9. The van der Waals surface area contributed by atoms with Crippen molar-refractivity contribution in [3.8, 4) is 11.5 Å². The molecule has 1 unspecified atom stereocenters. The van der Waals surface area contributed by atoms with Crippen LogP contribution in [0.25, 0.3) is 6.08 Å². The number of benzene rings is 1. The second-order valence-electron chi connectivity index (χ2n) is 6.30. The first kappa shape index (κ1) is 15.7. The number of nitrogens with zero attached hydrogens (tertiary/aromatic N) is 2. The van der Waals surface area contributed by atoms with E-state index in [-0.39, 0.29) is 18.6 Å². The van der Waals surface area contributed by atoms with Crippen molar-refractivity contribution in [3.05, 3.63) is 47.6 Å². The van der Waals surface area contributed by atoms with Crippen LogP contribution in [0.1, 0.15) is 24.7 Å². The van der Waals surface area contributed by atoms with Crippen LogP contribution in [0.2, 0.25) is 0 Å². The largest absolute Gasteiger partial charge is 0.494 e. The summed E-state index contributed by atoms with van der Waals surface area (Å²) in [6.07, 6.45) is 7.45. The number of hydrogen-bond donors (Lipinski definition) is 1. The zero-order chi connectivity index (χ0) is 17.2. The second-order valence-corrected chi connectivity index (χ2v) is 6.30. The third-order valence-electron chi connectivity index (χ3n) is 4.57. The Morgan fingerprint density at radius 3 is 3.28 bits per heavy atom.